The number of rotatable bonds is 10. The number of amides is 3. The van der Waals surface area contributed by atoms with Crippen molar-refractivity contribution in [2.24, 2.45) is 0 Å². The molecule has 4 N–H and O–H groups in total. The Morgan fingerprint density at radius 2 is 1.54 bits per heavy atom. The highest BCUT2D eigenvalue weighted by Gasteiger charge is 2.49. The summed E-state index contributed by atoms with van der Waals surface area (Å²) in [5.41, 5.74) is 0.996. The number of benzene rings is 3. The smallest absolute Gasteiger partial charge is 0.326 e. The molecular formula is C35H37N3O8. The van der Waals surface area contributed by atoms with Gasteiger partial charge in [-0.05, 0) is 54.5 Å². The minimum atomic E-state index is -1.62. The summed E-state index contributed by atoms with van der Waals surface area (Å²) in [4.78, 5) is 66.1. The Morgan fingerprint density at radius 1 is 0.891 bits per heavy atom. The van der Waals surface area contributed by atoms with Crippen LogP contribution in [0.4, 0.5) is 0 Å². The molecule has 0 saturated carbocycles. The fourth-order valence-corrected chi connectivity index (χ4v) is 6.70. The Kier molecular flexibility index (Phi) is 9.69. The predicted octanol–water partition coefficient (Wildman–Crippen LogP) is 3.32. The molecule has 46 heavy (non-hydrogen) atoms. The molecular weight excluding hydrogens is 590 g/mol. The molecule has 1 aliphatic carbocycles. The number of hydrogen-bond acceptors (Lipinski definition) is 6. The number of hydrogen-bond donors (Lipinski definition) is 4. The molecule has 0 aromatic heterocycles. The predicted molar refractivity (Wildman–Crippen MR) is 168 cm³/mol. The maximum Gasteiger partial charge on any atom is 0.326 e. The highest BCUT2D eigenvalue weighted by molar-refractivity contribution is 5.98. The van der Waals surface area contributed by atoms with E-state index < -0.39 is 41.6 Å². The Balaban J connectivity index is 1.36. The Morgan fingerprint density at radius 3 is 2.22 bits per heavy atom. The zero-order valence-corrected chi connectivity index (χ0v) is 25.5. The molecule has 2 aliphatic rings. The summed E-state index contributed by atoms with van der Waals surface area (Å²) in [5, 5.41) is 24.5. The number of carbonyl (C=O) groups is 5. The number of likely N-dealkylation sites (tertiary alicyclic amines) is 1. The molecule has 0 radical (unpaired) electrons. The van der Waals surface area contributed by atoms with Gasteiger partial charge in [0.15, 0.2) is 0 Å². The highest BCUT2D eigenvalue weighted by atomic mass is 16.5. The molecule has 3 aromatic rings. The van der Waals surface area contributed by atoms with E-state index in [4.69, 9.17) is 4.74 Å². The van der Waals surface area contributed by atoms with Crippen molar-refractivity contribution in [1.29, 1.82) is 0 Å². The van der Waals surface area contributed by atoms with Gasteiger partial charge in [0.2, 0.25) is 11.8 Å². The van der Waals surface area contributed by atoms with Crippen LogP contribution in [0.15, 0.2) is 78.9 Å². The van der Waals surface area contributed by atoms with Gasteiger partial charge in [0.1, 0.15) is 11.8 Å². The first-order valence-electron chi connectivity index (χ1n) is 15.3. The maximum atomic E-state index is 14.1. The molecule has 1 heterocycles. The lowest BCUT2D eigenvalue weighted by Crippen LogP contribution is -2.54. The zero-order chi connectivity index (χ0) is 32.8. The minimum absolute atomic E-state index is 0.0710. The average molecular weight is 628 g/mol. The minimum Gasteiger partial charge on any atom is -0.496 e. The van der Waals surface area contributed by atoms with Gasteiger partial charge < -0.3 is 30.5 Å². The third-order valence-electron chi connectivity index (χ3n) is 9.03. The second-order valence-electron chi connectivity index (χ2n) is 11.7. The van der Waals surface area contributed by atoms with E-state index in [1.165, 1.54) is 7.11 Å². The fraction of sp³-hybridized carbons (Fsp3) is 0.343. The molecule has 3 atom stereocenters. The number of carbonyl (C=O) groups excluding carboxylic acids is 3. The third kappa shape index (κ3) is 6.44. The summed E-state index contributed by atoms with van der Waals surface area (Å²) in [6.45, 7) is 0.905. The normalized spacial score (nSPS) is 20.1. The van der Waals surface area contributed by atoms with Gasteiger partial charge in [-0.1, -0.05) is 66.7 Å². The molecule has 1 fully saturated rings. The molecule has 1 saturated heterocycles. The van der Waals surface area contributed by atoms with Gasteiger partial charge in [-0.3, -0.25) is 19.2 Å². The molecule has 240 valence electrons. The van der Waals surface area contributed by atoms with E-state index in [2.05, 4.69) is 10.6 Å². The fourth-order valence-electron chi connectivity index (χ4n) is 6.70. The largest absolute Gasteiger partial charge is 0.496 e. The monoisotopic (exact) mass is 627 g/mol. The number of methoxy groups -OCH3 is 1. The van der Waals surface area contributed by atoms with Crippen molar-refractivity contribution >= 4 is 29.7 Å². The number of carboxylic acids is 2. The summed E-state index contributed by atoms with van der Waals surface area (Å²) < 4.78 is 5.31. The number of fused-ring (bicyclic) bond motifs is 1. The average Bonchev–Trinajstić information content (AvgIpc) is 3.07. The Labute approximate surface area is 266 Å². The van der Waals surface area contributed by atoms with Crippen LogP contribution in [-0.2, 0) is 24.6 Å². The van der Waals surface area contributed by atoms with Gasteiger partial charge in [0.25, 0.3) is 5.91 Å². The van der Waals surface area contributed by atoms with E-state index in [0.29, 0.717) is 60.4 Å². The van der Waals surface area contributed by atoms with Crippen molar-refractivity contribution < 1.29 is 38.9 Å². The maximum absolute atomic E-state index is 14.1. The number of nitrogens with one attached hydrogen (secondary N) is 2. The summed E-state index contributed by atoms with van der Waals surface area (Å²) in [6, 6.07) is 21.4. The van der Waals surface area contributed by atoms with Crippen molar-refractivity contribution in [3.8, 4) is 5.75 Å². The van der Waals surface area contributed by atoms with E-state index in [0.717, 1.165) is 0 Å². The molecule has 0 bridgehead atoms. The van der Waals surface area contributed by atoms with Gasteiger partial charge in [-0.25, -0.2) is 4.79 Å². The molecule has 11 nitrogen and oxygen atoms in total. The van der Waals surface area contributed by atoms with Crippen LogP contribution in [0, 0.1) is 0 Å². The molecule has 3 amide bonds. The summed E-state index contributed by atoms with van der Waals surface area (Å²) >= 11 is 0. The summed E-state index contributed by atoms with van der Waals surface area (Å²) in [6.07, 6.45) is 0.916. The molecule has 3 aromatic carbocycles. The van der Waals surface area contributed by atoms with Crippen molar-refractivity contribution in [3.05, 3.63) is 101 Å². The lowest BCUT2D eigenvalue weighted by Gasteiger charge is -2.43. The number of ether oxygens (including phenoxy) is 1. The van der Waals surface area contributed by atoms with Crippen molar-refractivity contribution in [2.75, 3.05) is 20.2 Å². The number of piperidine rings is 1. The van der Waals surface area contributed by atoms with Gasteiger partial charge in [-0.2, -0.15) is 0 Å². The summed E-state index contributed by atoms with van der Waals surface area (Å²) in [5.74, 6) is -3.76. The summed E-state index contributed by atoms with van der Waals surface area (Å²) in [7, 11) is 1.52. The number of nitrogens with zero attached hydrogens (tertiary/aromatic N) is 1. The first-order valence-corrected chi connectivity index (χ1v) is 15.3. The van der Waals surface area contributed by atoms with E-state index in [1.807, 2.05) is 18.2 Å². The topological polar surface area (TPSA) is 162 Å². The van der Waals surface area contributed by atoms with Gasteiger partial charge in [0, 0.05) is 19.1 Å². The van der Waals surface area contributed by atoms with Crippen molar-refractivity contribution in [2.45, 2.75) is 55.5 Å². The van der Waals surface area contributed by atoms with E-state index >= 15 is 0 Å². The van der Waals surface area contributed by atoms with E-state index in [9.17, 15) is 34.2 Å². The molecule has 5 rings (SSSR count). The quantitative estimate of drug-likeness (QED) is 0.266. The molecule has 0 spiro atoms. The molecule has 0 unspecified atom stereocenters. The van der Waals surface area contributed by atoms with Crippen LogP contribution in [0.25, 0.3) is 0 Å². The SMILES string of the molecule is COc1ccccc1C(=O)NC1CCN(C(=O)[C@H]2CC[C@@](C(=O)N[C@@H](CC(=O)O)C(=O)O)(c3ccccc3)c3ccccc32)CC1. The molecule has 1 aliphatic heterocycles. The first-order chi connectivity index (χ1) is 22.1. The highest BCUT2D eigenvalue weighted by Crippen LogP contribution is 2.48. The molecule has 11 heteroatoms. The van der Waals surface area contributed by atoms with Gasteiger partial charge >= 0.3 is 11.9 Å². The van der Waals surface area contributed by atoms with Crippen LogP contribution in [0.2, 0.25) is 0 Å². The van der Waals surface area contributed by atoms with Gasteiger partial charge in [0.05, 0.1) is 30.4 Å². The van der Waals surface area contributed by atoms with Crippen molar-refractivity contribution in [3.63, 3.8) is 0 Å². The lowest BCUT2D eigenvalue weighted by molar-refractivity contribution is -0.147. The number of carboxylic acid groups (broad SMARTS) is 2. The third-order valence-corrected chi connectivity index (χ3v) is 9.03. The van der Waals surface area contributed by atoms with Crippen molar-refractivity contribution in [1.82, 2.24) is 15.5 Å². The standard InChI is InChI=1S/C35H37N3O8/c1-46-29-14-8-6-12-26(29)31(41)36-23-16-19-38(20-17-23)32(42)25-15-18-35(22-9-3-2-4-10-22,27-13-7-5-11-24(25)27)34(45)37-28(33(43)44)21-30(39)40/h2-14,23,25,28H,15-21H2,1H3,(H,36,41)(H,37,45)(H,39,40)(H,43,44)/t25-,28-,35+/m0/s1. The zero-order valence-electron chi connectivity index (χ0n) is 25.5. The second-order valence-corrected chi connectivity index (χ2v) is 11.7. The van der Waals surface area contributed by atoms with Crippen LogP contribution in [0.3, 0.4) is 0 Å². The first kappa shape index (κ1) is 32.2. The number of para-hydroxylation sites is 1. The van der Waals surface area contributed by atoms with Crippen LogP contribution < -0.4 is 15.4 Å². The van der Waals surface area contributed by atoms with Crippen LogP contribution in [0.5, 0.6) is 5.75 Å². The van der Waals surface area contributed by atoms with E-state index in [1.54, 1.807) is 65.6 Å². The Bertz CT molecular complexity index is 1620. The Hall–Kier alpha value is -5.19. The van der Waals surface area contributed by atoms with Crippen LogP contribution >= 0.6 is 0 Å². The second kappa shape index (κ2) is 13.8. The van der Waals surface area contributed by atoms with E-state index in [-0.39, 0.29) is 24.3 Å². The van der Waals surface area contributed by atoms with Gasteiger partial charge in [-0.15, -0.1) is 0 Å². The lowest BCUT2D eigenvalue weighted by atomic mass is 9.62. The van der Waals surface area contributed by atoms with Crippen LogP contribution in [0.1, 0.15) is 65.1 Å². The van der Waals surface area contributed by atoms with Crippen LogP contribution in [-0.4, -0.2) is 77.1 Å². The number of aliphatic carboxylic acids is 2.